The molecule has 0 spiro atoms. The topological polar surface area (TPSA) is 32.8 Å². The van der Waals surface area contributed by atoms with Gasteiger partial charge in [-0.15, -0.1) is 0 Å². The molecule has 3 aromatic rings. The van der Waals surface area contributed by atoms with Gasteiger partial charge in [-0.3, -0.25) is 0 Å². The summed E-state index contributed by atoms with van der Waals surface area (Å²) in [7, 11) is 0. The molecule has 0 unspecified atom stereocenters. The summed E-state index contributed by atoms with van der Waals surface area (Å²) < 4.78 is 5.96. The Morgan fingerprint density at radius 2 is 1.56 bits per heavy atom. The number of fused-ring (bicyclic) bond motifs is 6. The summed E-state index contributed by atoms with van der Waals surface area (Å²) in [6.07, 6.45) is 5.58. The lowest BCUT2D eigenvalue weighted by molar-refractivity contribution is 0.0212. The number of nitrogens with zero attached hydrogens (tertiary/aromatic N) is 2. The summed E-state index contributed by atoms with van der Waals surface area (Å²) in [6.45, 7) is 6.99. The first kappa shape index (κ1) is 21.3. The Kier molecular flexibility index (Phi) is 5.32. The van der Waals surface area contributed by atoms with Crippen molar-refractivity contribution in [1.82, 2.24) is 0 Å². The average Bonchev–Trinajstić information content (AvgIpc) is 2.84. The molecule has 0 amide bonds. The van der Waals surface area contributed by atoms with Crippen LogP contribution < -0.4 is 9.80 Å². The zero-order valence-electron chi connectivity index (χ0n) is 20.1. The molecule has 0 N–H and O–H groups in total. The van der Waals surface area contributed by atoms with Crippen molar-refractivity contribution in [3.8, 4) is 11.1 Å². The number of benzene rings is 3. The molecule has 1 aliphatic carbocycles. The molecule has 1 saturated carbocycles. The third-order valence-corrected chi connectivity index (χ3v) is 7.67. The van der Waals surface area contributed by atoms with Crippen LogP contribution in [0.4, 0.5) is 11.4 Å². The lowest BCUT2D eigenvalue weighted by Gasteiger charge is -2.45. The van der Waals surface area contributed by atoms with E-state index < -0.39 is 0 Å². The molecule has 2 aliphatic heterocycles. The van der Waals surface area contributed by atoms with Crippen LogP contribution in [-0.4, -0.2) is 18.7 Å². The van der Waals surface area contributed by atoms with E-state index in [0.29, 0.717) is 5.56 Å². The molecule has 4 heteroatoms. The van der Waals surface area contributed by atoms with Crippen LogP contribution in [0.5, 0.6) is 0 Å². The van der Waals surface area contributed by atoms with Crippen LogP contribution >= 0.6 is 0 Å². The highest BCUT2D eigenvalue weighted by atomic mass is 16.5. The molecule has 0 atom stereocenters. The van der Waals surface area contributed by atoms with E-state index in [2.05, 4.69) is 66.1 Å². The van der Waals surface area contributed by atoms with E-state index in [1.807, 2.05) is 12.1 Å². The Bertz CT molecular complexity index is 1260. The normalized spacial score (nSPS) is 17.2. The summed E-state index contributed by atoms with van der Waals surface area (Å²) in [6, 6.07) is 19.5. The zero-order valence-corrected chi connectivity index (χ0v) is 20.1. The van der Waals surface area contributed by atoms with Crippen LogP contribution in [0, 0.1) is 13.8 Å². The van der Waals surface area contributed by atoms with E-state index in [-0.39, 0.29) is 12.1 Å². The number of anilines is 2. The molecular weight excluding hydrogens is 420 g/mol. The van der Waals surface area contributed by atoms with E-state index in [1.165, 1.54) is 34.5 Å². The van der Waals surface area contributed by atoms with Gasteiger partial charge < -0.3 is 14.5 Å². The first-order valence-electron chi connectivity index (χ1n) is 12.6. The number of hydrogen-bond donors (Lipinski definition) is 0. The van der Waals surface area contributed by atoms with E-state index >= 15 is 0 Å². The fourth-order valence-electron chi connectivity index (χ4n) is 5.98. The van der Waals surface area contributed by atoms with Crippen LogP contribution in [0.3, 0.4) is 0 Å². The van der Waals surface area contributed by atoms with E-state index in [9.17, 15) is 4.79 Å². The lowest BCUT2D eigenvalue weighted by atomic mass is 9.91. The quantitative estimate of drug-likeness (QED) is 0.411. The smallest absolute Gasteiger partial charge is 0.339 e. The highest BCUT2D eigenvalue weighted by Gasteiger charge is 2.30. The van der Waals surface area contributed by atoms with Gasteiger partial charge in [0.1, 0.15) is 6.10 Å². The summed E-state index contributed by atoms with van der Waals surface area (Å²) in [4.78, 5) is 18.2. The summed E-state index contributed by atoms with van der Waals surface area (Å²) in [5.74, 6) is -0.183. The summed E-state index contributed by atoms with van der Waals surface area (Å²) >= 11 is 0. The molecule has 174 valence electrons. The van der Waals surface area contributed by atoms with Gasteiger partial charge >= 0.3 is 5.97 Å². The Morgan fingerprint density at radius 1 is 0.853 bits per heavy atom. The third kappa shape index (κ3) is 3.75. The Hall–Kier alpha value is -3.27. The van der Waals surface area contributed by atoms with Crippen molar-refractivity contribution >= 4 is 17.3 Å². The number of carbonyl (C=O) groups excluding carboxylic acids is 1. The number of ether oxygens (including phenoxy) is 1. The molecule has 3 aliphatic rings. The van der Waals surface area contributed by atoms with Crippen molar-refractivity contribution in [3.05, 3.63) is 82.4 Å². The number of carbonyl (C=O) groups is 1. The van der Waals surface area contributed by atoms with Gasteiger partial charge in [0.15, 0.2) is 0 Å². The number of hydrogen-bond acceptors (Lipinski definition) is 4. The van der Waals surface area contributed by atoms with Crippen molar-refractivity contribution in [1.29, 1.82) is 0 Å². The maximum atomic E-state index is 13.2. The van der Waals surface area contributed by atoms with Gasteiger partial charge in [-0.2, -0.15) is 0 Å². The Balaban J connectivity index is 1.34. The Morgan fingerprint density at radius 3 is 2.32 bits per heavy atom. The number of aryl methyl sites for hydroxylation is 2. The van der Waals surface area contributed by atoms with Gasteiger partial charge in [0.05, 0.1) is 12.2 Å². The van der Waals surface area contributed by atoms with Crippen molar-refractivity contribution in [2.75, 3.05) is 16.5 Å². The van der Waals surface area contributed by atoms with Gasteiger partial charge in [-0.1, -0.05) is 42.3 Å². The molecule has 34 heavy (non-hydrogen) atoms. The second-order valence-electron chi connectivity index (χ2n) is 10.2. The summed E-state index contributed by atoms with van der Waals surface area (Å²) in [5, 5.41) is 0. The number of esters is 1. The first-order chi connectivity index (χ1) is 16.6. The predicted molar refractivity (Wildman–Crippen MR) is 137 cm³/mol. The molecule has 4 nitrogen and oxygen atoms in total. The first-order valence-corrected chi connectivity index (χ1v) is 12.6. The molecule has 0 aromatic heterocycles. The van der Waals surface area contributed by atoms with Gasteiger partial charge in [0.25, 0.3) is 0 Å². The average molecular weight is 453 g/mol. The van der Waals surface area contributed by atoms with E-state index in [1.54, 1.807) is 0 Å². The molecule has 0 radical (unpaired) electrons. The minimum absolute atomic E-state index is 0.0572. The minimum Gasteiger partial charge on any atom is -0.459 e. The van der Waals surface area contributed by atoms with Crippen LogP contribution in [-0.2, 0) is 17.8 Å². The van der Waals surface area contributed by atoms with Gasteiger partial charge in [-0.25, -0.2) is 4.79 Å². The van der Waals surface area contributed by atoms with Crippen LogP contribution in [0.25, 0.3) is 11.1 Å². The highest BCUT2D eigenvalue weighted by molar-refractivity contribution is 5.98. The molecule has 6 rings (SSSR count). The SMILES string of the molecule is Cc1ccc2c(c1)CN1CN2Cc2cc(-c3c(C)cccc3C(=O)OC3CCCCC3)ccc21. The van der Waals surface area contributed by atoms with Crippen molar-refractivity contribution in [2.24, 2.45) is 0 Å². The maximum Gasteiger partial charge on any atom is 0.339 e. The van der Waals surface area contributed by atoms with Gasteiger partial charge in [-0.05, 0) is 91.6 Å². The standard InChI is InChI=1S/C30H32N2O2/c1-20-11-13-27-23(15-20)17-31-19-32(27)18-24-16-22(12-14-28(24)31)29-21(2)7-6-10-26(29)30(33)34-25-8-4-3-5-9-25/h6-7,10-16,25H,3-5,8-9,17-19H2,1-2H3. The molecule has 3 aromatic carbocycles. The van der Waals surface area contributed by atoms with Crippen LogP contribution in [0.1, 0.15) is 64.7 Å². The van der Waals surface area contributed by atoms with Crippen LogP contribution in [0.2, 0.25) is 0 Å². The fourth-order valence-corrected chi connectivity index (χ4v) is 5.98. The van der Waals surface area contributed by atoms with Crippen molar-refractivity contribution in [3.63, 3.8) is 0 Å². The lowest BCUT2D eigenvalue weighted by Crippen LogP contribution is -2.46. The third-order valence-electron chi connectivity index (χ3n) is 7.67. The molecule has 1 fully saturated rings. The highest BCUT2D eigenvalue weighted by Crippen LogP contribution is 2.40. The summed E-state index contributed by atoms with van der Waals surface area (Å²) in [5.41, 5.74) is 10.5. The van der Waals surface area contributed by atoms with Gasteiger partial charge in [0.2, 0.25) is 0 Å². The minimum atomic E-state index is -0.183. The van der Waals surface area contributed by atoms with Crippen molar-refractivity contribution in [2.45, 2.75) is 65.1 Å². The van der Waals surface area contributed by atoms with E-state index in [4.69, 9.17) is 4.74 Å². The van der Waals surface area contributed by atoms with E-state index in [0.717, 1.165) is 62.1 Å². The molecule has 2 bridgehead atoms. The van der Waals surface area contributed by atoms with Crippen molar-refractivity contribution < 1.29 is 9.53 Å². The fraction of sp³-hybridized carbons (Fsp3) is 0.367. The molecule has 2 heterocycles. The van der Waals surface area contributed by atoms with Gasteiger partial charge in [0, 0.05) is 24.5 Å². The maximum absolute atomic E-state index is 13.2. The predicted octanol–water partition coefficient (Wildman–Crippen LogP) is 6.76. The zero-order chi connectivity index (χ0) is 23.2. The second kappa shape index (κ2) is 8.50. The molecular formula is C30H32N2O2. The second-order valence-corrected chi connectivity index (χ2v) is 10.2. The Labute approximate surface area is 202 Å². The monoisotopic (exact) mass is 452 g/mol. The largest absolute Gasteiger partial charge is 0.459 e. The molecule has 0 saturated heterocycles. The number of rotatable bonds is 3. The van der Waals surface area contributed by atoms with Crippen LogP contribution in [0.15, 0.2) is 54.6 Å².